The molecular weight excluding hydrogens is 216 g/mol. The summed E-state index contributed by atoms with van der Waals surface area (Å²) in [5.74, 6) is 0.0995. The molecule has 0 aliphatic rings. The number of hydrogen-bond acceptors (Lipinski definition) is 3. The molecule has 0 bridgehead atoms. The van der Waals surface area contributed by atoms with Gasteiger partial charge in [-0.25, -0.2) is 0 Å². The maximum Gasteiger partial charge on any atom is 0.326 e. The predicted octanol–water partition coefficient (Wildman–Crippen LogP) is 2.45. The number of rotatable bonds is 2. The number of ether oxygens (including phenoxy) is 1. The van der Waals surface area contributed by atoms with Crippen LogP contribution in [0.2, 0.25) is 0 Å². The highest BCUT2D eigenvalue weighted by atomic mass is 16.5. The van der Waals surface area contributed by atoms with Crippen molar-refractivity contribution < 1.29 is 9.53 Å². The molecule has 1 N–H and O–H groups in total. The fourth-order valence-corrected chi connectivity index (χ4v) is 1.53. The molecule has 1 aromatic carbocycles. The first-order valence-electron chi connectivity index (χ1n) is 5.28. The van der Waals surface area contributed by atoms with Crippen molar-refractivity contribution in [2.45, 2.75) is 26.2 Å². The maximum absolute atomic E-state index is 11.0. The number of carbonyl (C=O) groups is 1. The first kappa shape index (κ1) is 13.0. The second-order valence-electron chi connectivity index (χ2n) is 4.73. The Morgan fingerprint density at radius 1 is 1.41 bits per heavy atom. The molecule has 1 rings (SSSR count). The van der Waals surface area contributed by atoms with Crippen LogP contribution in [0, 0.1) is 11.3 Å². The molecule has 0 unspecified atom stereocenters. The summed E-state index contributed by atoms with van der Waals surface area (Å²) < 4.78 is 5.28. The quantitative estimate of drug-likeness (QED) is 0.797. The molecule has 0 aliphatic carbocycles. The topological polar surface area (TPSA) is 62.1 Å². The second-order valence-corrected chi connectivity index (χ2v) is 4.73. The monoisotopic (exact) mass is 232 g/mol. The maximum atomic E-state index is 11.0. The fourth-order valence-electron chi connectivity index (χ4n) is 1.53. The van der Waals surface area contributed by atoms with Crippen LogP contribution in [-0.4, -0.2) is 13.0 Å². The minimum absolute atomic E-state index is 0.0985. The van der Waals surface area contributed by atoms with Crippen LogP contribution in [0.1, 0.15) is 26.3 Å². The SMILES string of the molecule is COc1ccc(NC(=O)C#N)cc1C(C)(C)C. The third-order valence-electron chi connectivity index (χ3n) is 2.37. The van der Waals surface area contributed by atoms with Crippen molar-refractivity contribution in [3.63, 3.8) is 0 Å². The molecule has 4 heteroatoms. The van der Waals surface area contributed by atoms with E-state index in [4.69, 9.17) is 10.00 Å². The smallest absolute Gasteiger partial charge is 0.326 e. The molecule has 0 aromatic heterocycles. The predicted molar refractivity (Wildman–Crippen MR) is 65.9 cm³/mol. The summed E-state index contributed by atoms with van der Waals surface area (Å²) in [5.41, 5.74) is 1.48. The van der Waals surface area contributed by atoms with Gasteiger partial charge in [0, 0.05) is 11.3 Å². The lowest BCUT2D eigenvalue weighted by Crippen LogP contribution is -2.14. The average molecular weight is 232 g/mol. The van der Waals surface area contributed by atoms with Gasteiger partial charge in [0.25, 0.3) is 0 Å². The van der Waals surface area contributed by atoms with Crippen molar-refractivity contribution in [3.05, 3.63) is 23.8 Å². The minimum Gasteiger partial charge on any atom is -0.496 e. The van der Waals surface area contributed by atoms with E-state index < -0.39 is 5.91 Å². The van der Waals surface area contributed by atoms with Crippen LogP contribution in [0.25, 0.3) is 0 Å². The Morgan fingerprint density at radius 2 is 2.06 bits per heavy atom. The van der Waals surface area contributed by atoms with E-state index in [1.165, 1.54) is 6.07 Å². The van der Waals surface area contributed by atoms with E-state index >= 15 is 0 Å². The summed E-state index contributed by atoms with van der Waals surface area (Å²) in [4.78, 5) is 11.0. The van der Waals surface area contributed by atoms with E-state index in [0.29, 0.717) is 5.69 Å². The van der Waals surface area contributed by atoms with E-state index in [1.807, 2.05) is 6.07 Å². The lowest BCUT2D eigenvalue weighted by Gasteiger charge is -2.22. The van der Waals surface area contributed by atoms with Crippen molar-refractivity contribution >= 4 is 11.6 Å². The molecule has 0 heterocycles. The van der Waals surface area contributed by atoms with E-state index in [1.54, 1.807) is 19.2 Å². The summed E-state index contributed by atoms with van der Waals surface area (Å²) in [6.45, 7) is 6.17. The summed E-state index contributed by atoms with van der Waals surface area (Å²) in [7, 11) is 1.61. The molecule has 0 fully saturated rings. The van der Waals surface area contributed by atoms with Gasteiger partial charge in [-0.2, -0.15) is 5.26 Å². The molecule has 1 aromatic rings. The Kier molecular flexibility index (Phi) is 3.74. The average Bonchev–Trinajstić information content (AvgIpc) is 2.27. The number of amides is 1. The molecular formula is C13H16N2O2. The fraction of sp³-hybridized carbons (Fsp3) is 0.385. The molecule has 90 valence electrons. The summed E-state index contributed by atoms with van der Waals surface area (Å²) in [6, 6.07) is 6.84. The summed E-state index contributed by atoms with van der Waals surface area (Å²) in [6.07, 6.45) is 0. The van der Waals surface area contributed by atoms with Crippen molar-refractivity contribution in [1.82, 2.24) is 0 Å². The third kappa shape index (κ3) is 3.22. The van der Waals surface area contributed by atoms with Crippen molar-refractivity contribution in [2.75, 3.05) is 12.4 Å². The molecule has 0 atom stereocenters. The highest BCUT2D eigenvalue weighted by Crippen LogP contribution is 2.33. The highest BCUT2D eigenvalue weighted by molar-refractivity contribution is 6.02. The number of nitrogens with zero attached hydrogens (tertiary/aromatic N) is 1. The summed E-state index contributed by atoms with van der Waals surface area (Å²) >= 11 is 0. The molecule has 0 radical (unpaired) electrons. The Hall–Kier alpha value is -2.02. The van der Waals surface area contributed by atoms with Crippen molar-refractivity contribution in [1.29, 1.82) is 5.26 Å². The molecule has 0 spiro atoms. The van der Waals surface area contributed by atoms with E-state index in [9.17, 15) is 4.79 Å². The third-order valence-corrected chi connectivity index (χ3v) is 2.37. The zero-order valence-corrected chi connectivity index (χ0v) is 10.5. The number of benzene rings is 1. The van der Waals surface area contributed by atoms with Gasteiger partial charge in [0.2, 0.25) is 0 Å². The van der Waals surface area contributed by atoms with Gasteiger partial charge in [0.05, 0.1) is 7.11 Å². The second kappa shape index (κ2) is 4.88. The largest absolute Gasteiger partial charge is 0.496 e. The lowest BCUT2D eigenvalue weighted by molar-refractivity contribution is -0.111. The Morgan fingerprint density at radius 3 is 2.53 bits per heavy atom. The highest BCUT2D eigenvalue weighted by Gasteiger charge is 2.19. The van der Waals surface area contributed by atoms with Gasteiger partial charge in [0.15, 0.2) is 6.07 Å². The number of carbonyl (C=O) groups excluding carboxylic acids is 1. The van der Waals surface area contributed by atoms with Crippen LogP contribution in [-0.2, 0) is 10.2 Å². The molecule has 1 amide bonds. The number of methoxy groups -OCH3 is 1. The molecule has 0 saturated heterocycles. The molecule has 0 aliphatic heterocycles. The first-order chi connectivity index (χ1) is 7.88. The van der Waals surface area contributed by atoms with Crippen LogP contribution in [0.15, 0.2) is 18.2 Å². The van der Waals surface area contributed by atoms with Gasteiger partial charge in [0.1, 0.15) is 5.75 Å². The summed E-state index contributed by atoms with van der Waals surface area (Å²) in [5, 5.41) is 10.9. The number of nitrogens with one attached hydrogen (secondary N) is 1. The van der Waals surface area contributed by atoms with Gasteiger partial charge in [-0.3, -0.25) is 4.79 Å². The van der Waals surface area contributed by atoms with Crippen molar-refractivity contribution in [3.8, 4) is 11.8 Å². The van der Waals surface area contributed by atoms with Crippen LogP contribution in [0.3, 0.4) is 0 Å². The number of hydrogen-bond donors (Lipinski definition) is 1. The van der Waals surface area contributed by atoms with E-state index in [0.717, 1.165) is 11.3 Å². The molecule has 17 heavy (non-hydrogen) atoms. The molecule has 4 nitrogen and oxygen atoms in total. The van der Waals surface area contributed by atoms with Gasteiger partial charge in [-0.1, -0.05) is 20.8 Å². The zero-order valence-electron chi connectivity index (χ0n) is 10.5. The van der Waals surface area contributed by atoms with Crippen LogP contribution >= 0.6 is 0 Å². The van der Waals surface area contributed by atoms with Crippen LogP contribution in [0.4, 0.5) is 5.69 Å². The number of anilines is 1. The van der Waals surface area contributed by atoms with Gasteiger partial charge in [-0.15, -0.1) is 0 Å². The molecule has 0 saturated carbocycles. The Balaban J connectivity index is 3.15. The van der Waals surface area contributed by atoms with E-state index in [2.05, 4.69) is 26.1 Å². The normalized spacial score (nSPS) is 10.5. The number of nitriles is 1. The van der Waals surface area contributed by atoms with Gasteiger partial charge in [-0.05, 0) is 23.6 Å². The minimum atomic E-state index is -0.671. The Labute approximate surface area is 101 Å². The van der Waals surface area contributed by atoms with E-state index in [-0.39, 0.29) is 5.41 Å². The lowest BCUT2D eigenvalue weighted by atomic mass is 9.86. The first-order valence-corrected chi connectivity index (χ1v) is 5.28. The van der Waals surface area contributed by atoms with Gasteiger partial charge < -0.3 is 10.1 Å². The van der Waals surface area contributed by atoms with Crippen LogP contribution in [0.5, 0.6) is 5.75 Å². The van der Waals surface area contributed by atoms with Crippen LogP contribution < -0.4 is 10.1 Å². The standard InChI is InChI=1S/C13H16N2O2/c1-13(2,3)10-7-9(15-12(16)8-14)5-6-11(10)17-4/h5-7H,1-4H3,(H,15,16). The van der Waals surface area contributed by atoms with Crippen molar-refractivity contribution in [2.24, 2.45) is 0 Å². The Bertz CT molecular complexity index is 467. The zero-order chi connectivity index (χ0) is 13.1. The van der Waals surface area contributed by atoms with Gasteiger partial charge >= 0.3 is 5.91 Å².